The second kappa shape index (κ2) is 24.8. The van der Waals surface area contributed by atoms with Crippen molar-refractivity contribution in [1.82, 2.24) is 0 Å². The summed E-state index contributed by atoms with van der Waals surface area (Å²) in [7, 11) is 0. The van der Waals surface area contributed by atoms with Crippen molar-refractivity contribution in [2.75, 3.05) is 0 Å². The number of rotatable bonds is 0. The minimum absolute atomic E-state index is 2.00. The number of hydrogen-bond donors (Lipinski definition) is 0. The summed E-state index contributed by atoms with van der Waals surface area (Å²) >= 11 is 0. The first kappa shape index (κ1) is 9.08. The third kappa shape index (κ3) is 92.9. The Labute approximate surface area is 38.4 Å². The second-order valence-corrected chi connectivity index (χ2v) is 0.667. The van der Waals surface area contributed by atoms with Gasteiger partial charge < -0.3 is 0 Å². The Balaban J connectivity index is 0. The molecule has 0 saturated carbocycles. The molecule has 0 spiro atoms. The van der Waals surface area contributed by atoms with E-state index in [-0.39, 0.29) is 0 Å². The van der Waals surface area contributed by atoms with Gasteiger partial charge in [0, 0.05) is 0 Å². The zero-order chi connectivity index (χ0) is 5.41. The minimum atomic E-state index is 2.00. The molecule has 0 aliphatic carbocycles. The summed E-state index contributed by atoms with van der Waals surface area (Å²) in [6, 6.07) is 0. The van der Waals surface area contributed by atoms with Gasteiger partial charge in [0.1, 0.15) is 0 Å². The molecule has 1 nitrogen and oxygen atoms in total. The van der Waals surface area contributed by atoms with Crippen LogP contribution in [0.4, 0.5) is 0 Å². The van der Waals surface area contributed by atoms with Gasteiger partial charge >= 0.3 is 11.3 Å². The molecule has 0 atom stereocenters. The molecule has 0 radical (unpaired) electrons. The van der Waals surface area contributed by atoms with Crippen LogP contribution in [0.15, 0.2) is 12.2 Å². The average Bonchev–Trinajstić information content (AvgIpc) is 1.72. The predicted octanol–water partition coefficient (Wildman–Crippen LogP) is 1.54. The maximum absolute atomic E-state index is 7.50. The Morgan fingerprint density at radius 2 is 1.33 bits per heavy atom. The van der Waals surface area contributed by atoms with Crippen LogP contribution >= 0.6 is 0 Å². The molecule has 0 aromatic heterocycles. The van der Waals surface area contributed by atoms with E-state index < -0.39 is 0 Å². The van der Waals surface area contributed by atoms with Crippen LogP contribution in [0.25, 0.3) is 0 Å². The molecule has 0 aliphatic rings. The molecule has 0 aliphatic heterocycles. The van der Waals surface area contributed by atoms with Crippen molar-refractivity contribution in [2.45, 2.75) is 13.8 Å². The zero-order valence-electron chi connectivity index (χ0n) is 4.06. The van der Waals surface area contributed by atoms with E-state index in [1.165, 1.54) is 0 Å². The Bertz CT molecular complexity index is 39.1. The van der Waals surface area contributed by atoms with Crippen LogP contribution in [0.3, 0.4) is 0 Å². The predicted molar refractivity (Wildman–Crippen MR) is 24.4 cm³/mol. The summed E-state index contributed by atoms with van der Waals surface area (Å²) in [5.41, 5.74) is 0. The molecular formula is C5H8O. The van der Waals surface area contributed by atoms with Gasteiger partial charge in [0.15, 0.2) is 0 Å². The molecule has 0 bridgehead atoms. The van der Waals surface area contributed by atoms with Crippen molar-refractivity contribution >= 4 is 0 Å². The van der Waals surface area contributed by atoms with E-state index in [1.807, 2.05) is 26.0 Å². The monoisotopic (exact) mass is 84.1 g/mol. The number of allylic oxidation sites excluding steroid dienone is 2. The number of hydrogen-bond acceptors (Lipinski definition) is 0. The molecule has 0 aromatic rings. The quantitative estimate of drug-likeness (QED) is 0.241. The van der Waals surface area contributed by atoms with Crippen LogP contribution in [-0.2, 0) is 4.65 Å². The Morgan fingerprint density at radius 3 is 1.33 bits per heavy atom. The first-order chi connectivity index (χ1) is 2.91. The molecule has 6 heavy (non-hydrogen) atoms. The van der Waals surface area contributed by atoms with Crippen LogP contribution < -0.4 is 0 Å². The van der Waals surface area contributed by atoms with Crippen molar-refractivity contribution in [2.24, 2.45) is 0 Å². The molecule has 0 N–H and O–H groups in total. The molecule has 0 fully saturated rings. The first-order valence-corrected chi connectivity index (χ1v) is 1.69. The third-order valence-electron chi connectivity index (χ3n) is 0.333. The summed E-state index contributed by atoms with van der Waals surface area (Å²) in [6.45, 7) is 8.50. The van der Waals surface area contributed by atoms with Gasteiger partial charge in [-0.05, 0) is 13.8 Å². The molecular weight excluding hydrogens is 76.1 g/mol. The van der Waals surface area contributed by atoms with Crippen molar-refractivity contribution in [1.29, 1.82) is 0 Å². The van der Waals surface area contributed by atoms with Crippen LogP contribution in [0.1, 0.15) is 13.8 Å². The van der Waals surface area contributed by atoms with Crippen LogP contribution in [-0.4, -0.2) is 0 Å². The summed E-state index contributed by atoms with van der Waals surface area (Å²) < 4.78 is 7.50. The van der Waals surface area contributed by atoms with E-state index in [9.17, 15) is 0 Å². The van der Waals surface area contributed by atoms with Gasteiger partial charge in [-0.3, -0.25) is 0 Å². The molecule has 1 heteroatoms. The molecule has 0 heterocycles. The van der Waals surface area contributed by atoms with Gasteiger partial charge in [0.05, 0.1) is 0 Å². The molecule has 0 rings (SSSR count). The first-order valence-electron chi connectivity index (χ1n) is 1.69. The van der Waals surface area contributed by atoms with E-state index >= 15 is 0 Å². The summed E-state index contributed by atoms with van der Waals surface area (Å²) in [4.78, 5) is 0. The van der Waals surface area contributed by atoms with E-state index in [2.05, 4.69) is 6.65 Å². The molecule has 0 amide bonds. The van der Waals surface area contributed by atoms with Gasteiger partial charge in [0.25, 0.3) is 0 Å². The SMILES string of the molecule is CC=CC.[C-]#[O+]. The Kier molecular flexibility index (Phi) is 37.5. The molecule has 0 unspecified atom stereocenters. The summed E-state index contributed by atoms with van der Waals surface area (Å²) in [5.74, 6) is 0. The van der Waals surface area contributed by atoms with Crippen molar-refractivity contribution in [3.63, 3.8) is 0 Å². The van der Waals surface area contributed by atoms with Crippen LogP contribution in [0.2, 0.25) is 0 Å². The van der Waals surface area contributed by atoms with Crippen LogP contribution in [0.5, 0.6) is 0 Å². The average molecular weight is 84.1 g/mol. The fourth-order valence-electron chi connectivity index (χ4n) is 0. The van der Waals surface area contributed by atoms with Crippen molar-refractivity contribution in [3.8, 4) is 0 Å². The third-order valence-corrected chi connectivity index (χ3v) is 0.333. The van der Waals surface area contributed by atoms with Crippen molar-refractivity contribution in [3.05, 3.63) is 18.8 Å². The zero-order valence-corrected chi connectivity index (χ0v) is 4.06. The molecule has 34 valence electrons. The van der Waals surface area contributed by atoms with Gasteiger partial charge in [-0.25, -0.2) is 0 Å². The van der Waals surface area contributed by atoms with Gasteiger partial charge in [-0.15, -0.1) is 0 Å². The standard InChI is InChI=1S/C4H8.CO/c1-3-4-2;1-2/h3-4H,1-2H3;. The maximum atomic E-state index is 7.50. The fourth-order valence-corrected chi connectivity index (χ4v) is 0. The summed E-state index contributed by atoms with van der Waals surface area (Å²) in [5, 5.41) is 0. The molecule has 0 aromatic carbocycles. The topological polar surface area (TPSA) is 19.9 Å². The van der Waals surface area contributed by atoms with Gasteiger partial charge in [0.2, 0.25) is 0 Å². The van der Waals surface area contributed by atoms with Crippen molar-refractivity contribution < 1.29 is 4.65 Å². The van der Waals surface area contributed by atoms with Gasteiger partial charge in [-0.2, -0.15) is 0 Å². The van der Waals surface area contributed by atoms with E-state index in [4.69, 9.17) is 4.65 Å². The second-order valence-electron chi connectivity index (χ2n) is 0.667. The normalized spacial score (nSPS) is 6.67. The van der Waals surface area contributed by atoms with Gasteiger partial charge in [-0.1, -0.05) is 12.2 Å². The van der Waals surface area contributed by atoms with E-state index in [1.54, 1.807) is 0 Å². The van der Waals surface area contributed by atoms with E-state index in [0.29, 0.717) is 0 Å². The summed E-state index contributed by atoms with van der Waals surface area (Å²) in [6.07, 6.45) is 4.00. The Hall–Kier alpha value is -0.520. The van der Waals surface area contributed by atoms with Crippen LogP contribution in [0, 0.1) is 6.65 Å². The Morgan fingerprint density at radius 1 is 1.17 bits per heavy atom. The fraction of sp³-hybridized carbons (Fsp3) is 0.400. The molecule has 0 saturated heterocycles. The van der Waals surface area contributed by atoms with E-state index in [0.717, 1.165) is 0 Å².